The molecule has 0 spiro atoms. The quantitative estimate of drug-likeness (QED) is 0.422. The number of aromatic amines is 1. The molecule has 0 aliphatic heterocycles. The highest BCUT2D eigenvalue weighted by Gasteiger charge is 2.19. The van der Waals surface area contributed by atoms with Crippen molar-refractivity contribution in [2.75, 3.05) is 0 Å². The van der Waals surface area contributed by atoms with Crippen molar-refractivity contribution in [1.29, 1.82) is 0 Å². The second kappa shape index (κ2) is 3.66. The summed E-state index contributed by atoms with van der Waals surface area (Å²) >= 11 is 19.2. The first-order valence-electron chi connectivity index (χ1n) is 3.39. The van der Waals surface area contributed by atoms with Gasteiger partial charge in [-0.25, -0.2) is 4.39 Å². The summed E-state index contributed by atoms with van der Waals surface area (Å²) in [4.78, 5) is 0. The number of H-pyrrole nitrogens is 1. The van der Waals surface area contributed by atoms with Gasteiger partial charge in [-0.1, -0.05) is 34.8 Å². The number of nitrogens with one attached hydrogen (secondary N) is 1. The van der Waals surface area contributed by atoms with Gasteiger partial charge in [-0.3, -0.25) is 5.10 Å². The van der Waals surface area contributed by atoms with E-state index < -0.39 is 5.82 Å². The van der Waals surface area contributed by atoms with Crippen LogP contribution in [-0.2, 0) is 0 Å². The van der Waals surface area contributed by atoms with E-state index in [4.69, 9.17) is 34.8 Å². The number of fused-ring (bicyclic) bond motifs is 1. The summed E-state index contributed by atoms with van der Waals surface area (Å²) in [6.07, 6.45) is 0. The van der Waals surface area contributed by atoms with Crippen molar-refractivity contribution >= 4 is 68.3 Å². The van der Waals surface area contributed by atoms with Crippen LogP contribution in [0, 0.1) is 9.39 Å². The van der Waals surface area contributed by atoms with Gasteiger partial charge in [0.15, 0.2) is 5.82 Å². The molecule has 1 heterocycles. The van der Waals surface area contributed by atoms with Crippen LogP contribution in [0.4, 0.5) is 4.39 Å². The van der Waals surface area contributed by atoms with E-state index in [0.717, 1.165) is 0 Å². The predicted molar refractivity (Wildman–Crippen MR) is 63.8 cm³/mol. The summed E-state index contributed by atoms with van der Waals surface area (Å²) in [6, 6.07) is 0. The molecule has 1 aromatic carbocycles. The van der Waals surface area contributed by atoms with Gasteiger partial charge in [0.05, 0.1) is 19.0 Å². The SMILES string of the molecule is Fc1c(Cl)c(I)c(Cl)c2n[nH]c(Cl)c12. The lowest BCUT2D eigenvalue weighted by atomic mass is 10.2. The van der Waals surface area contributed by atoms with E-state index in [1.54, 1.807) is 0 Å². The molecule has 7 heteroatoms. The Labute approximate surface area is 107 Å². The van der Waals surface area contributed by atoms with Crippen LogP contribution in [0.5, 0.6) is 0 Å². The Morgan fingerprint density at radius 1 is 1.21 bits per heavy atom. The van der Waals surface area contributed by atoms with Gasteiger partial charge in [0, 0.05) is 0 Å². The second-order valence-electron chi connectivity index (χ2n) is 2.52. The average Bonchev–Trinajstić information content (AvgIpc) is 2.54. The lowest BCUT2D eigenvalue weighted by Crippen LogP contribution is -1.86. The Hall–Kier alpha value is 0.220. The largest absolute Gasteiger partial charge is 0.266 e. The molecule has 1 aromatic heterocycles. The van der Waals surface area contributed by atoms with E-state index in [1.807, 2.05) is 22.6 Å². The molecule has 2 rings (SSSR count). The summed E-state index contributed by atoms with van der Waals surface area (Å²) in [5.41, 5.74) is 0.294. The van der Waals surface area contributed by atoms with Crippen molar-refractivity contribution < 1.29 is 4.39 Å². The highest BCUT2D eigenvalue weighted by Crippen LogP contribution is 2.38. The van der Waals surface area contributed by atoms with Crippen molar-refractivity contribution in [2.45, 2.75) is 0 Å². The molecule has 0 unspecified atom stereocenters. The van der Waals surface area contributed by atoms with Crippen molar-refractivity contribution in [2.24, 2.45) is 0 Å². The molecular weight excluding hydrogens is 364 g/mol. The third kappa shape index (κ3) is 1.39. The van der Waals surface area contributed by atoms with Gasteiger partial charge >= 0.3 is 0 Å². The highest BCUT2D eigenvalue weighted by molar-refractivity contribution is 14.1. The second-order valence-corrected chi connectivity index (χ2v) is 4.73. The Morgan fingerprint density at radius 3 is 2.50 bits per heavy atom. The van der Waals surface area contributed by atoms with Gasteiger partial charge in [0.1, 0.15) is 10.7 Å². The van der Waals surface area contributed by atoms with E-state index in [1.165, 1.54) is 0 Å². The fraction of sp³-hybridized carbons (Fsp3) is 0. The minimum atomic E-state index is -0.603. The van der Waals surface area contributed by atoms with Crippen LogP contribution in [0.2, 0.25) is 15.2 Å². The van der Waals surface area contributed by atoms with E-state index in [0.29, 0.717) is 14.1 Å². The van der Waals surface area contributed by atoms with Gasteiger partial charge in [0.25, 0.3) is 0 Å². The maximum atomic E-state index is 13.6. The first-order valence-corrected chi connectivity index (χ1v) is 5.60. The minimum absolute atomic E-state index is 0.0357. The zero-order valence-electron chi connectivity index (χ0n) is 6.34. The number of aromatic nitrogens is 2. The fourth-order valence-electron chi connectivity index (χ4n) is 1.09. The van der Waals surface area contributed by atoms with Crippen LogP contribution in [0.15, 0.2) is 0 Å². The number of halogens is 5. The van der Waals surface area contributed by atoms with Crippen molar-refractivity contribution in [3.8, 4) is 0 Å². The van der Waals surface area contributed by atoms with Crippen molar-refractivity contribution in [3.63, 3.8) is 0 Å². The topological polar surface area (TPSA) is 28.7 Å². The van der Waals surface area contributed by atoms with E-state index >= 15 is 0 Å². The van der Waals surface area contributed by atoms with Gasteiger partial charge < -0.3 is 0 Å². The van der Waals surface area contributed by atoms with Gasteiger partial charge in [-0.15, -0.1) is 0 Å². The van der Waals surface area contributed by atoms with Crippen LogP contribution in [-0.4, -0.2) is 10.2 Å². The Kier molecular flexibility index (Phi) is 2.81. The van der Waals surface area contributed by atoms with Crippen LogP contribution in [0.25, 0.3) is 10.9 Å². The van der Waals surface area contributed by atoms with Crippen molar-refractivity contribution in [3.05, 3.63) is 24.6 Å². The summed E-state index contributed by atoms with van der Waals surface area (Å²) in [7, 11) is 0. The number of hydrogen-bond acceptors (Lipinski definition) is 1. The molecule has 2 aromatic rings. The molecule has 0 atom stereocenters. The maximum Gasteiger partial charge on any atom is 0.155 e. The van der Waals surface area contributed by atoms with Crippen LogP contribution in [0.3, 0.4) is 0 Å². The molecule has 0 saturated carbocycles. The minimum Gasteiger partial charge on any atom is -0.266 e. The molecule has 0 saturated heterocycles. The van der Waals surface area contributed by atoms with Crippen LogP contribution < -0.4 is 0 Å². The molecule has 0 radical (unpaired) electrons. The lowest BCUT2D eigenvalue weighted by molar-refractivity contribution is 0.639. The monoisotopic (exact) mass is 364 g/mol. The Bertz CT molecular complexity index is 525. The van der Waals surface area contributed by atoms with Gasteiger partial charge in [-0.05, 0) is 22.6 Å². The Morgan fingerprint density at radius 2 is 1.86 bits per heavy atom. The van der Waals surface area contributed by atoms with Gasteiger partial charge in [0.2, 0.25) is 0 Å². The Balaban J connectivity index is 3.05. The number of hydrogen-bond donors (Lipinski definition) is 1. The normalized spacial score (nSPS) is 11.2. The molecule has 0 fully saturated rings. The zero-order valence-corrected chi connectivity index (χ0v) is 10.8. The van der Waals surface area contributed by atoms with E-state index in [9.17, 15) is 4.39 Å². The molecule has 0 aliphatic rings. The first kappa shape index (κ1) is 10.7. The lowest BCUT2D eigenvalue weighted by Gasteiger charge is -2.02. The third-order valence-electron chi connectivity index (χ3n) is 1.73. The molecule has 0 bridgehead atoms. The van der Waals surface area contributed by atoms with E-state index in [-0.39, 0.29) is 15.6 Å². The van der Waals surface area contributed by atoms with Crippen LogP contribution >= 0.6 is 57.4 Å². The number of rotatable bonds is 0. The summed E-state index contributed by atoms with van der Waals surface area (Å²) in [5.74, 6) is -0.603. The molecule has 0 amide bonds. The maximum absolute atomic E-state index is 13.6. The van der Waals surface area contributed by atoms with E-state index in [2.05, 4.69) is 10.2 Å². The smallest absolute Gasteiger partial charge is 0.155 e. The average molecular weight is 365 g/mol. The molecular formula is C7HCl3FIN2. The van der Waals surface area contributed by atoms with Crippen LogP contribution in [0.1, 0.15) is 0 Å². The van der Waals surface area contributed by atoms with Gasteiger partial charge in [-0.2, -0.15) is 5.10 Å². The predicted octanol–water partition coefficient (Wildman–Crippen LogP) is 4.27. The third-order valence-corrected chi connectivity index (χ3v) is 4.44. The highest BCUT2D eigenvalue weighted by atomic mass is 127. The molecule has 1 N–H and O–H groups in total. The zero-order chi connectivity index (χ0) is 10.5. The summed E-state index contributed by atoms with van der Waals surface area (Å²) in [5, 5.41) is 6.72. The number of benzene rings is 1. The molecule has 14 heavy (non-hydrogen) atoms. The molecule has 0 aliphatic carbocycles. The first-order chi connectivity index (χ1) is 6.54. The number of nitrogens with zero attached hydrogens (tertiary/aromatic N) is 1. The summed E-state index contributed by atoms with van der Waals surface area (Å²) < 4.78 is 14.0. The molecule has 74 valence electrons. The molecule has 2 nitrogen and oxygen atoms in total. The standard InChI is InChI=1S/C7HCl3FIN2/c8-2-4(11)1-6(3(9)5(2)12)13-14-7(1)10/h(H,13,14). The fourth-order valence-corrected chi connectivity index (χ4v) is 2.26. The van der Waals surface area contributed by atoms with Crippen molar-refractivity contribution in [1.82, 2.24) is 10.2 Å². The summed E-state index contributed by atoms with van der Waals surface area (Å²) in [6.45, 7) is 0.